The monoisotopic (exact) mass is 486 g/mol. The van der Waals surface area contributed by atoms with E-state index < -0.39 is 11.7 Å². The van der Waals surface area contributed by atoms with Crippen molar-refractivity contribution in [2.24, 2.45) is 0 Å². The van der Waals surface area contributed by atoms with Crippen molar-refractivity contribution in [2.75, 3.05) is 6.54 Å². The molecule has 1 aliphatic heterocycles. The van der Waals surface area contributed by atoms with E-state index in [9.17, 15) is 13.2 Å². The minimum atomic E-state index is -4.34. The Morgan fingerprint density at radius 2 is 1.67 bits per heavy atom. The lowest BCUT2D eigenvalue weighted by Gasteiger charge is -2.18. The number of rotatable bonds is 5. The highest BCUT2D eigenvalue weighted by Crippen LogP contribution is 2.34. The minimum Gasteiger partial charge on any atom is -0.489 e. The van der Waals surface area contributed by atoms with Gasteiger partial charge < -0.3 is 14.6 Å². The molecule has 4 aromatic carbocycles. The quantitative estimate of drug-likeness (QED) is 0.287. The fraction of sp³-hybridized carbons (Fsp3) is 0.200. The molecule has 2 heterocycles. The highest BCUT2D eigenvalue weighted by atomic mass is 19.4. The van der Waals surface area contributed by atoms with Gasteiger partial charge in [-0.2, -0.15) is 13.2 Å². The molecule has 5 aromatic rings. The van der Waals surface area contributed by atoms with E-state index in [1.54, 1.807) is 0 Å². The fourth-order valence-corrected chi connectivity index (χ4v) is 5.18. The summed E-state index contributed by atoms with van der Waals surface area (Å²) in [6, 6.07) is 26.2. The van der Waals surface area contributed by atoms with Crippen LogP contribution in [0.4, 0.5) is 13.2 Å². The summed E-state index contributed by atoms with van der Waals surface area (Å²) in [7, 11) is 0. The van der Waals surface area contributed by atoms with Crippen molar-refractivity contribution in [1.29, 1.82) is 0 Å². The number of hydrogen-bond acceptors (Lipinski definition) is 2. The second-order valence-electron chi connectivity index (χ2n) is 9.24. The molecular weight excluding hydrogens is 461 g/mol. The van der Waals surface area contributed by atoms with Gasteiger partial charge in [-0.15, -0.1) is 0 Å². The minimum absolute atomic E-state index is 0.212. The van der Waals surface area contributed by atoms with E-state index >= 15 is 0 Å². The van der Waals surface area contributed by atoms with Crippen molar-refractivity contribution >= 4 is 21.7 Å². The first-order valence-corrected chi connectivity index (χ1v) is 12.1. The van der Waals surface area contributed by atoms with Crippen LogP contribution in [0.2, 0.25) is 0 Å². The van der Waals surface area contributed by atoms with Crippen molar-refractivity contribution in [3.63, 3.8) is 0 Å². The first kappa shape index (κ1) is 22.7. The molecule has 1 aliphatic rings. The van der Waals surface area contributed by atoms with Crippen LogP contribution in [-0.2, 0) is 32.3 Å². The second kappa shape index (κ2) is 9.03. The SMILES string of the molecule is FC(F)(F)c1ccc(COc2ccc3c(c2)c2c(n3Cc3cccc4ccccc34)CNCC2)cc1. The molecule has 0 radical (unpaired) electrons. The predicted molar refractivity (Wildman–Crippen MR) is 136 cm³/mol. The number of fused-ring (bicyclic) bond motifs is 4. The molecule has 36 heavy (non-hydrogen) atoms. The predicted octanol–water partition coefficient (Wildman–Crippen LogP) is 7.09. The lowest BCUT2D eigenvalue weighted by atomic mass is 10.0. The Labute approximate surface area is 207 Å². The maximum Gasteiger partial charge on any atom is 0.416 e. The maximum absolute atomic E-state index is 12.8. The third-order valence-corrected chi connectivity index (χ3v) is 7.00. The summed E-state index contributed by atoms with van der Waals surface area (Å²) < 4.78 is 46.9. The number of hydrogen-bond donors (Lipinski definition) is 1. The molecule has 0 bridgehead atoms. The number of benzene rings is 4. The Balaban J connectivity index is 1.31. The number of halogens is 3. The van der Waals surface area contributed by atoms with Crippen molar-refractivity contribution in [3.8, 4) is 5.75 Å². The molecule has 0 saturated carbocycles. The van der Waals surface area contributed by atoms with Crippen molar-refractivity contribution in [1.82, 2.24) is 9.88 Å². The molecule has 0 aliphatic carbocycles. The third kappa shape index (κ3) is 4.22. The maximum atomic E-state index is 12.8. The van der Waals surface area contributed by atoms with E-state index in [1.807, 2.05) is 6.07 Å². The van der Waals surface area contributed by atoms with Crippen molar-refractivity contribution in [3.05, 3.63) is 113 Å². The summed E-state index contributed by atoms with van der Waals surface area (Å²) in [5, 5.41) is 7.18. The van der Waals surface area contributed by atoms with Crippen LogP contribution in [0.1, 0.15) is 27.9 Å². The van der Waals surface area contributed by atoms with E-state index in [2.05, 4.69) is 64.5 Å². The highest BCUT2D eigenvalue weighted by molar-refractivity contribution is 5.89. The van der Waals surface area contributed by atoms with Gasteiger partial charge in [-0.25, -0.2) is 0 Å². The van der Waals surface area contributed by atoms with Gasteiger partial charge in [0.25, 0.3) is 0 Å². The van der Waals surface area contributed by atoms with Crippen molar-refractivity contribution in [2.45, 2.75) is 32.3 Å². The summed E-state index contributed by atoms with van der Waals surface area (Å²) in [6.45, 7) is 2.73. The average molecular weight is 487 g/mol. The molecule has 0 amide bonds. The highest BCUT2D eigenvalue weighted by Gasteiger charge is 2.30. The molecule has 0 spiro atoms. The molecule has 0 unspecified atom stereocenters. The average Bonchev–Trinajstić information content (AvgIpc) is 3.20. The number of nitrogens with zero attached hydrogens (tertiary/aromatic N) is 1. The summed E-state index contributed by atoms with van der Waals surface area (Å²) in [5.74, 6) is 0.714. The van der Waals surface area contributed by atoms with Crippen molar-refractivity contribution < 1.29 is 17.9 Å². The zero-order valence-corrected chi connectivity index (χ0v) is 19.6. The second-order valence-corrected chi connectivity index (χ2v) is 9.24. The standard InChI is InChI=1S/C30H25F3N2O/c31-30(32,33)23-10-8-20(9-11-23)19-36-24-12-13-28-27(16-24)26-14-15-34-17-29(26)35(28)18-22-6-3-5-21-4-1-2-7-25(21)22/h1-13,16,34H,14-15,17-19H2. The van der Waals surface area contributed by atoms with E-state index in [4.69, 9.17) is 4.74 Å². The number of aromatic nitrogens is 1. The van der Waals surface area contributed by atoms with Gasteiger partial charge in [0.1, 0.15) is 12.4 Å². The van der Waals surface area contributed by atoms with Crippen LogP contribution in [0.15, 0.2) is 84.9 Å². The van der Waals surface area contributed by atoms with E-state index in [0.717, 1.165) is 38.2 Å². The summed E-state index contributed by atoms with van der Waals surface area (Å²) >= 11 is 0. The van der Waals surface area contributed by atoms with Gasteiger partial charge in [-0.05, 0) is 70.8 Å². The van der Waals surface area contributed by atoms with Crippen LogP contribution in [0.3, 0.4) is 0 Å². The molecule has 6 heteroatoms. The number of nitrogens with one attached hydrogen (secondary N) is 1. The summed E-state index contributed by atoms with van der Waals surface area (Å²) in [5.41, 5.74) is 5.12. The van der Waals surface area contributed by atoms with Gasteiger partial charge in [-0.1, -0.05) is 54.6 Å². The van der Waals surface area contributed by atoms with Crippen LogP contribution >= 0.6 is 0 Å². The summed E-state index contributed by atoms with van der Waals surface area (Å²) in [6.07, 6.45) is -3.39. The topological polar surface area (TPSA) is 26.2 Å². The molecule has 0 fully saturated rings. The van der Waals surface area contributed by atoms with Gasteiger partial charge in [0, 0.05) is 29.7 Å². The lowest BCUT2D eigenvalue weighted by molar-refractivity contribution is -0.137. The van der Waals surface area contributed by atoms with Crippen LogP contribution in [0.25, 0.3) is 21.7 Å². The zero-order chi connectivity index (χ0) is 24.7. The molecule has 1 N–H and O–H groups in total. The molecule has 6 rings (SSSR count). The zero-order valence-electron chi connectivity index (χ0n) is 19.6. The summed E-state index contributed by atoms with van der Waals surface area (Å²) in [4.78, 5) is 0. The van der Waals surface area contributed by atoms with Gasteiger partial charge in [0.2, 0.25) is 0 Å². The van der Waals surface area contributed by atoms with Crippen LogP contribution in [0.5, 0.6) is 5.75 Å². The number of ether oxygens (including phenoxy) is 1. The van der Waals surface area contributed by atoms with Crippen LogP contribution in [-0.4, -0.2) is 11.1 Å². The first-order chi connectivity index (χ1) is 17.5. The Kier molecular flexibility index (Phi) is 5.69. The lowest BCUT2D eigenvalue weighted by Crippen LogP contribution is -2.25. The normalized spacial score (nSPS) is 13.8. The molecule has 1 aromatic heterocycles. The molecule has 3 nitrogen and oxygen atoms in total. The Morgan fingerprint density at radius 1 is 0.861 bits per heavy atom. The molecule has 182 valence electrons. The molecular formula is C30H25F3N2O. The van der Waals surface area contributed by atoms with Crippen LogP contribution in [0, 0.1) is 0 Å². The Hall–Kier alpha value is -3.77. The van der Waals surface area contributed by atoms with Crippen LogP contribution < -0.4 is 10.1 Å². The molecule has 0 saturated heterocycles. The van der Waals surface area contributed by atoms with Gasteiger partial charge in [0.05, 0.1) is 5.56 Å². The first-order valence-electron chi connectivity index (χ1n) is 12.1. The van der Waals surface area contributed by atoms with E-state index in [1.165, 1.54) is 50.6 Å². The largest absolute Gasteiger partial charge is 0.489 e. The van der Waals surface area contributed by atoms with E-state index in [-0.39, 0.29) is 6.61 Å². The van der Waals surface area contributed by atoms with E-state index in [0.29, 0.717) is 11.3 Å². The molecule has 0 atom stereocenters. The number of alkyl halides is 3. The smallest absolute Gasteiger partial charge is 0.416 e. The Bertz CT molecular complexity index is 1550. The third-order valence-electron chi connectivity index (χ3n) is 7.00. The van der Waals surface area contributed by atoms with Gasteiger partial charge >= 0.3 is 6.18 Å². The fourth-order valence-electron chi connectivity index (χ4n) is 5.18. The Morgan fingerprint density at radius 3 is 2.50 bits per heavy atom. The van der Waals surface area contributed by atoms with Gasteiger partial charge in [0.15, 0.2) is 0 Å². The van der Waals surface area contributed by atoms with Gasteiger partial charge in [-0.3, -0.25) is 0 Å².